The van der Waals surface area contributed by atoms with Crippen LogP contribution in [0.5, 0.6) is 0 Å². The van der Waals surface area contributed by atoms with Crippen molar-refractivity contribution in [2.45, 2.75) is 60.4 Å². The molecule has 1 aliphatic rings. The maximum absolute atomic E-state index is 12.8. The highest BCUT2D eigenvalue weighted by Gasteiger charge is 2.27. The number of sulfonamides is 1. The van der Waals surface area contributed by atoms with Crippen molar-refractivity contribution in [2.24, 2.45) is 5.14 Å². The molecule has 1 atom stereocenters. The fourth-order valence-electron chi connectivity index (χ4n) is 3.78. The Morgan fingerprint density at radius 2 is 1.91 bits per heavy atom. The summed E-state index contributed by atoms with van der Waals surface area (Å²) in [7, 11) is -3.78. The van der Waals surface area contributed by atoms with E-state index >= 15 is 0 Å². The van der Waals surface area contributed by atoms with Crippen molar-refractivity contribution in [3.05, 3.63) is 42.7 Å². The van der Waals surface area contributed by atoms with Crippen LogP contribution in [-0.2, 0) is 14.8 Å². The van der Waals surface area contributed by atoms with Crippen molar-refractivity contribution in [3.8, 4) is 11.6 Å². The summed E-state index contributed by atoms with van der Waals surface area (Å²) >= 11 is 1.34. The maximum atomic E-state index is 12.8. The van der Waals surface area contributed by atoms with Crippen LogP contribution < -0.4 is 10.5 Å². The Morgan fingerprint density at radius 1 is 1.19 bits per heavy atom. The van der Waals surface area contributed by atoms with Gasteiger partial charge in [0.1, 0.15) is 0 Å². The predicted octanol–water partition coefficient (Wildman–Crippen LogP) is 3.81. The smallest absolute Gasteiger partial charge is 0.238 e. The number of amides is 1. The third-order valence-corrected chi connectivity index (χ3v) is 7.43. The summed E-state index contributed by atoms with van der Waals surface area (Å²) < 4.78 is 30.5. The van der Waals surface area contributed by atoms with Gasteiger partial charge in [-0.05, 0) is 56.2 Å². The molecule has 0 radical (unpaired) electrons. The standard InChI is InChI=1S/C21H25N5O4S2/c1-14(20(27)23-15-9-11-17(12-10-15)32(22,28)29)31-21-25-24-19(18-8-5-13-30-18)26(21)16-6-3-2-4-7-16/h5,8-14,16H,2-4,6-7H2,1H3,(H,23,27)(H2,22,28,29). The fraction of sp³-hybridized carbons (Fsp3) is 0.381. The number of hydrogen-bond acceptors (Lipinski definition) is 7. The van der Waals surface area contributed by atoms with Gasteiger partial charge in [-0.2, -0.15) is 0 Å². The van der Waals surface area contributed by atoms with Gasteiger partial charge in [-0.15, -0.1) is 10.2 Å². The van der Waals surface area contributed by atoms with Crippen molar-refractivity contribution in [1.29, 1.82) is 0 Å². The van der Waals surface area contributed by atoms with E-state index in [0.717, 1.165) is 25.7 Å². The molecule has 32 heavy (non-hydrogen) atoms. The topological polar surface area (TPSA) is 133 Å². The van der Waals surface area contributed by atoms with Crippen molar-refractivity contribution >= 4 is 33.4 Å². The molecule has 0 bridgehead atoms. The second-order valence-corrected chi connectivity index (χ2v) is 10.6. The first-order valence-electron chi connectivity index (χ1n) is 10.4. The first-order valence-corrected chi connectivity index (χ1v) is 12.8. The van der Waals surface area contributed by atoms with Crippen LogP contribution in [0.15, 0.2) is 57.1 Å². The molecule has 1 fully saturated rings. The van der Waals surface area contributed by atoms with E-state index in [2.05, 4.69) is 20.1 Å². The SMILES string of the molecule is CC(Sc1nnc(-c2ccco2)n1C1CCCCC1)C(=O)Nc1ccc(S(N)(=O)=O)cc1. The molecular weight excluding hydrogens is 450 g/mol. The van der Waals surface area contributed by atoms with Crippen LogP contribution in [0.1, 0.15) is 45.1 Å². The number of thioether (sulfide) groups is 1. The molecule has 3 N–H and O–H groups in total. The molecule has 170 valence electrons. The van der Waals surface area contributed by atoms with Crippen LogP contribution >= 0.6 is 11.8 Å². The van der Waals surface area contributed by atoms with Crippen molar-refractivity contribution in [1.82, 2.24) is 14.8 Å². The minimum atomic E-state index is -3.78. The van der Waals surface area contributed by atoms with Crippen molar-refractivity contribution in [2.75, 3.05) is 5.32 Å². The summed E-state index contributed by atoms with van der Waals surface area (Å²) in [5, 5.41) is 16.9. The molecule has 3 aromatic rings. The maximum Gasteiger partial charge on any atom is 0.238 e. The minimum absolute atomic E-state index is 0.0102. The number of benzene rings is 1. The molecule has 2 heterocycles. The molecule has 4 rings (SSSR count). The van der Waals surface area contributed by atoms with E-state index in [4.69, 9.17) is 9.56 Å². The summed E-state index contributed by atoms with van der Waals surface area (Å²) in [6, 6.07) is 9.68. The lowest BCUT2D eigenvalue weighted by atomic mass is 9.95. The van der Waals surface area contributed by atoms with Crippen LogP contribution in [0.25, 0.3) is 11.6 Å². The first-order chi connectivity index (χ1) is 15.3. The fourth-order valence-corrected chi connectivity index (χ4v) is 5.22. The Bertz CT molecular complexity index is 1170. The van der Waals surface area contributed by atoms with E-state index in [-0.39, 0.29) is 16.8 Å². The average Bonchev–Trinajstić information content (AvgIpc) is 3.44. The van der Waals surface area contributed by atoms with Gasteiger partial charge in [-0.1, -0.05) is 31.0 Å². The normalized spacial score (nSPS) is 16.1. The molecule has 1 aliphatic carbocycles. The summed E-state index contributed by atoms with van der Waals surface area (Å²) in [6.45, 7) is 1.80. The van der Waals surface area contributed by atoms with Crippen LogP contribution in [0.4, 0.5) is 5.69 Å². The zero-order chi connectivity index (χ0) is 22.7. The molecule has 1 amide bonds. The van der Waals surface area contributed by atoms with E-state index in [9.17, 15) is 13.2 Å². The Hall–Kier alpha value is -2.63. The third-order valence-electron chi connectivity index (χ3n) is 5.45. The molecule has 1 saturated carbocycles. The Morgan fingerprint density at radius 3 is 2.53 bits per heavy atom. The number of nitrogens with zero attached hydrogens (tertiary/aromatic N) is 3. The van der Waals surface area contributed by atoms with E-state index in [1.807, 2.05) is 12.1 Å². The monoisotopic (exact) mass is 475 g/mol. The van der Waals surface area contributed by atoms with Gasteiger partial charge in [0.2, 0.25) is 21.8 Å². The number of primary sulfonamides is 1. The summed E-state index contributed by atoms with van der Waals surface area (Å²) in [5.41, 5.74) is 0.486. The number of carbonyl (C=O) groups is 1. The minimum Gasteiger partial charge on any atom is -0.461 e. The third kappa shape index (κ3) is 5.05. The second kappa shape index (κ2) is 9.47. The van der Waals surface area contributed by atoms with E-state index in [1.54, 1.807) is 13.2 Å². The van der Waals surface area contributed by atoms with Gasteiger partial charge < -0.3 is 9.73 Å². The number of nitrogens with one attached hydrogen (secondary N) is 1. The van der Waals surface area contributed by atoms with Crippen LogP contribution in [0, 0.1) is 0 Å². The molecule has 0 saturated heterocycles. The lowest BCUT2D eigenvalue weighted by Crippen LogP contribution is -2.23. The summed E-state index contributed by atoms with van der Waals surface area (Å²) in [4.78, 5) is 12.8. The van der Waals surface area contributed by atoms with Gasteiger partial charge in [0.15, 0.2) is 10.9 Å². The van der Waals surface area contributed by atoms with E-state index < -0.39 is 15.3 Å². The number of carbonyl (C=O) groups excluding carboxylic acids is 1. The van der Waals surface area contributed by atoms with Crippen LogP contribution in [0.2, 0.25) is 0 Å². The summed E-state index contributed by atoms with van der Waals surface area (Å²) in [6.07, 6.45) is 7.20. The molecule has 1 unspecified atom stereocenters. The van der Waals surface area contributed by atoms with Gasteiger partial charge in [-0.25, -0.2) is 13.6 Å². The number of nitrogens with two attached hydrogens (primary N) is 1. The highest BCUT2D eigenvalue weighted by Crippen LogP contribution is 2.36. The Labute approximate surface area is 190 Å². The predicted molar refractivity (Wildman–Crippen MR) is 122 cm³/mol. The van der Waals surface area contributed by atoms with Gasteiger partial charge in [0.05, 0.1) is 16.4 Å². The number of furan rings is 1. The van der Waals surface area contributed by atoms with Gasteiger partial charge in [0.25, 0.3) is 0 Å². The number of aromatic nitrogens is 3. The second-order valence-electron chi connectivity index (χ2n) is 7.76. The zero-order valence-electron chi connectivity index (χ0n) is 17.6. The first kappa shape index (κ1) is 22.6. The van der Waals surface area contributed by atoms with Gasteiger partial charge in [-0.3, -0.25) is 9.36 Å². The molecule has 1 aromatic carbocycles. The highest BCUT2D eigenvalue weighted by molar-refractivity contribution is 8.00. The largest absolute Gasteiger partial charge is 0.461 e. The van der Waals surface area contributed by atoms with E-state index in [0.29, 0.717) is 22.4 Å². The van der Waals surface area contributed by atoms with Gasteiger partial charge >= 0.3 is 0 Å². The highest BCUT2D eigenvalue weighted by atomic mass is 32.2. The van der Waals surface area contributed by atoms with Crippen LogP contribution in [0.3, 0.4) is 0 Å². The summed E-state index contributed by atoms with van der Waals surface area (Å²) in [5.74, 6) is 1.11. The van der Waals surface area contributed by atoms with Gasteiger partial charge in [0, 0.05) is 11.7 Å². The van der Waals surface area contributed by atoms with Crippen molar-refractivity contribution < 1.29 is 17.6 Å². The Kier molecular flexibility index (Phi) is 6.68. The lowest BCUT2D eigenvalue weighted by molar-refractivity contribution is -0.115. The quantitative estimate of drug-likeness (QED) is 0.496. The molecule has 0 aliphatic heterocycles. The zero-order valence-corrected chi connectivity index (χ0v) is 19.2. The molecule has 2 aromatic heterocycles. The Balaban J connectivity index is 1.51. The lowest BCUT2D eigenvalue weighted by Gasteiger charge is -2.25. The van der Waals surface area contributed by atoms with Crippen LogP contribution in [-0.4, -0.2) is 34.3 Å². The molecule has 11 heteroatoms. The number of anilines is 1. The average molecular weight is 476 g/mol. The number of hydrogen-bond donors (Lipinski definition) is 2. The molecule has 0 spiro atoms. The molecular formula is C21H25N5O4S2. The number of rotatable bonds is 7. The van der Waals surface area contributed by atoms with E-state index in [1.165, 1.54) is 42.4 Å². The molecule has 9 nitrogen and oxygen atoms in total. The van der Waals surface area contributed by atoms with Crippen molar-refractivity contribution in [3.63, 3.8) is 0 Å².